The Labute approximate surface area is 198 Å². The van der Waals surface area contributed by atoms with E-state index in [1.807, 2.05) is 56.3 Å². The van der Waals surface area contributed by atoms with Gasteiger partial charge < -0.3 is 24.1 Å². The highest BCUT2D eigenvalue weighted by atomic mass is 16.5. The van der Waals surface area contributed by atoms with Crippen molar-refractivity contribution in [2.24, 2.45) is 0 Å². The van der Waals surface area contributed by atoms with Gasteiger partial charge >= 0.3 is 6.03 Å². The number of hydrogen-bond acceptors (Lipinski definition) is 7. The molecule has 9 heteroatoms. The number of methoxy groups -OCH3 is 3. The van der Waals surface area contributed by atoms with Crippen molar-refractivity contribution in [1.29, 1.82) is 0 Å². The maximum atomic E-state index is 13.0. The molecule has 4 rings (SSSR count). The topological polar surface area (TPSA) is 99.0 Å². The van der Waals surface area contributed by atoms with E-state index >= 15 is 0 Å². The number of aromatic nitrogens is 2. The smallest absolute Gasteiger partial charge is 0.322 e. The molecule has 0 saturated heterocycles. The number of nitrogens with one attached hydrogen (secondary N) is 1. The molecule has 1 N–H and O–H groups in total. The number of carbonyl (C=O) groups is 1. The molecule has 2 aromatic carbocycles. The third kappa shape index (κ3) is 4.28. The summed E-state index contributed by atoms with van der Waals surface area (Å²) in [6, 6.07) is 12.3. The Morgan fingerprint density at radius 3 is 2.41 bits per heavy atom. The summed E-state index contributed by atoms with van der Waals surface area (Å²) in [6.45, 7) is 4.49. The summed E-state index contributed by atoms with van der Waals surface area (Å²) in [5.41, 5.74) is 3.09. The summed E-state index contributed by atoms with van der Waals surface area (Å²) in [4.78, 5) is 19.3. The van der Waals surface area contributed by atoms with Gasteiger partial charge in [0.05, 0.1) is 32.9 Å². The van der Waals surface area contributed by atoms with E-state index in [1.54, 1.807) is 26.2 Å². The molecule has 0 aliphatic carbocycles. The Bertz CT molecular complexity index is 1200. The monoisotopic (exact) mass is 464 g/mol. The highest BCUT2D eigenvalue weighted by molar-refractivity contribution is 5.87. The average molecular weight is 465 g/mol. The summed E-state index contributed by atoms with van der Waals surface area (Å²) < 4.78 is 21.8. The quantitative estimate of drug-likeness (QED) is 0.517. The van der Waals surface area contributed by atoms with Crippen LogP contribution >= 0.6 is 0 Å². The zero-order valence-electron chi connectivity index (χ0n) is 19.9. The van der Waals surface area contributed by atoms with E-state index in [0.29, 0.717) is 29.8 Å². The first-order valence-corrected chi connectivity index (χ1v) is 11.0. The SMILES string of the molecule is CCCN1C(=O)NC(c2ccc(OC)c(OC)c2)C(c2nc(-c3ccc(OC)cc3)no2)=C1C. The van der Waals surface area contributed by atoms with E-state index in [-0.39, 0.29) is 6.03 Å². The zero-order valence-corrected chi connectivity index (χ0v) is 19.9. The van der Waals surface area contributed by atoms with Crippen LogP contribution in [-0.4, -0.2) is 48.9 Å². The summed E-state index contributed by atoms with van der Waals surface area (Å²) in [5.74, 6) is 2.69. The van der Waals surface area contributed by atoms with Crippen LogP contribution in [0.1, 0.15) is 37.8 Å². The van der Waals surface area contributed by atoms with Crippen LogP contribution in [0.4, 0.5) is 4.79 Å². The van der Waals surface area contributed by atoms with Gasteiger partial charge in [-0.3, -0.25) is 4.90 Å². The minimum Gasteiger partial charge on any atom is -0.497 e. The zero-order chi connectivity index (χ0) is 24.2. The largest absolute Gasteiger partial charge is 0.497 e. The van der Waals surface area contributed by atoms with E-state index < -0.39 is 6.04 Å². The van der Waals surface area contributed by atoms with Crippen LogP contribution < -0.4 is 19.5 Å². The Balaban J connectivity index is 1.80. The van der Waals surface area contributed by atoms with Crippen molar-refractivity contribution in [1.82, 2.24) is 20.4 Å². The molecular weight excluding hydrogens is 436 g/mol. The molecule has 9 nitrogen and oxygen atoms in total. The highest BCUT2D eigenvalue weighted by Gasteiger charge is 2.35. The van der Waals surface area contributed by atoms with Crippen molar-refractivity contribution < 1.29 is 23.5 Å². The van der Waals surface area contributed by atoms with Crippen LogP contribution in [0, 0.1) is 0 Å². The van der Waals surface area contributed by atoms with Crippen LogP contribution in [-0.2, 0) is 0 Å². The van der Waals surface area contributed by atoms with Gasteiger partial charge in [-0.15, -0.1) is 0 Å². The van der Waals surface area contributed by atoms with Gasteiger partial charge in [0.25, 0.3) is 5.89 Å². The van der Waals surface area contributed by atoms with E-state index in [0.717, 1.165) is 34.6 Å². The number of benzene rings is 2. The number of carbonyl (C=O) groups excluding carboxylic acids is 1. The number of ether oxygens (including phenoxy) is 3. The lowest BCUT2D eigenvalue weighted by molar-refractivity contribution is 0.205. The summed E-state index contributed by atoms with van der Waals surface area (Å²) in [5, 5.41) is 7.28. The number of allylic oxidation sites excluding steroid dienone is 1. The molecule has 1 unspecified atom stereocenters. The normalized spacial score (nSPS) is 15.9. The van der Waals surface area contributed by atoms with Gasteiger partial charge in [-0.2, -0.15) is 4.98 Å². The fourth-order valence-electron chi connectivity index (χ4n) is 4.02. The first kappa shape index (κ1) is 23.2. The van der Waals surface area contributed by atoms with Crippen molar-refractivity contribution in [2.75, 3.05) is 27.9 Å². The second-order valence-electron chi connectivity index (χ2n) is 7.80. The fourth-order valence-corrected chi connectivity index (χ4v) is 4.02. The molecule has 2 heterocycles. The van der Waals surface area contributed by atoms with E-state index in [2.05, 4.69) is 15.5 Å². The minimum atomic E-state index is -0.510. The van der Waals surface area contributed by atoms with E-state index in [1.165, 1.54) is 0 Å². The van der Waals surface area contributed by atoms with Gasteiger partial charge in [0.2, 0.25) is 5.82 Å². The number of hydrogen-bond donors (Lipinski definition) is 1. The van der Waals surface area contributed by atoms with Crippen molar-refractivity contribution in [3.05, 3.63) is 59.6 Å². The maximum absolute atomic E-state index is 13.0. The molecule has 178 valence electrons. The molecule has 0 spiro atoms. The van der Waals surface area contributed by atoms with Crippen LogP contribution in [0.25, 0.3) is 17.0 Å². The van der Waals surface area contributed by atoms with Crippen LogP contribution in [0.2, 0.25) is 0 Å². The number of rotatable bonds is 8. The van der Waals surface area contributed by atoms with Gasteiger partial charge in [-0.25, -0.2) is 4.79 Å². The van der Waals surface area contributed by atoms with Crippen molar-refractivity contribution in [2.45, 2.75) is 26.3 Å². The Hall–Kier alpha value is -4.01. The lowest BCUT2D eigenvalue weighted by Gasteiger charge is -2.35. The van der Waals surface area contributed by atoms with Crippen LogP contribution in [0.3, 0.4) is 0 Å². The minimum absolute atomic E-state index is 0.183. The lowest BCUT2D eigenvalue weighted by Crippen LogP contribution is -2.46. The molecule has 2 amide bonds. The standard InChI is InChI=1S/C25H28N4O5/c1-6-13-29-15(2)21(24-27-23(28-34-24)16-7-10-18(31-3)11-8-16)22(26-25(29)30)17-9-12-19(32-4)20(14-17)33-5/h7-12,14,22H,6,13H2,1-5H3,(H,26,30). The molecule has 1 atom stereocenters. The molecule has 0 fully saturated rings. The molecule has 1 aromatic heterocycles. The van der Waals surface area contributed by atoms with Crippen LogP contribution in [0.15, 0.2) is 52.7 Å². The molecule has 0 saturated carbocycles. The number of nitrogens with zero attached hydrogens (tertiary/aromatic N) is 3. The lowest BCUT2D eigenvalue weighted by atomic mass is 9.94. The van der Waals surface area contributed by atoms with Gasteiger partial charge in [0, 0.05) is 17.8 Å². The molecule has 3 aromatic rings. The van der Waals surface area contributed by atoms with Gasteiger partial charge in [0.15, 0.2) is 11.5 Å². The summed E-state index contributed by atoms with van der Waals surface area (Å²) >= 11 is 0. The highest BCUT2D eigenvalue weighted by Crippen LogP contribution is 2.40. The molecule has 0 radical (unpaired) electrons. The summed E-state index contributed by atoms with van der Waals surface area (Å²) in [6.07, 6.45) is 0.806. The Morgan fingerprint density at radius 1 is 1.03 bits per heavy atom. The number of urea groups is 1. The molecule has 1 aliphatic heterocycles. The number of amides is 2. The van der Waals surface area contributed by atoms with Gasteiger partial charge in [0.1, 0.15) is 5.75 Å². The fraction of sp³-hybridized carbons (Fsp3) is 0.320. The Kier molecular flexibility index (Phi) is 6.72. The van der Waals surface area contributed by atoms with Crippen LogP contribution in [0.5, 0.6) is 17.2 Å². The maximum Gasteiger partial charge on any atom is 0.322 e. The predicted molar refractivity (Wildman–Crippen MR) is 127 cm³/mol. The predicted octanol–water partition coefficient (Wildman–Crippen LogP) is 4.67. The van der Waals surface area contributed by atoms with Gasteiger partial charge in [-0.1, -0.05) is 18.1 Å². The van der Waals surface area contributed by atoms with E-state index in [9.17, 15) is 4.79 Å². The first-order valence-electron chi connectivity index (χ1n) is 11.0. The Morgan fingerprint density at radius 2 is 1.76 bits per heavy atom. The second-order valence-corrected chi connectivity index (χ2v) is 7.80. The van der Waals surface area contributed by atoms with Crippen molar-refractivity contribution in [3.63, 3.8) is 0 Å². The van der Waals surface area contributed by atoms with Gasteiger partial charge in [-0.05, 0) is 55.3 Å². The van der Waals surface area contributed by atoms with E-state index in [4.69, 9.17) is 18.7 Å². The van der Waals surface area contributed by atoms with Crippen molar-refractivity contribution in [3.8, 4) is 28.6 Å². The summed E-state index contributed by atoms with van der Waals surface area (Å²) in [7, 11) is 4.77. The molecule has 34 heavy (non-hydrogen) atoms. The molecule has 0 bridgehead atoms. The third-order valence-electron chi connectivity index (χ3n) is 5.79. The van der Waals surface area contributed by atoms with Crippen molar-refractivity contribution >= 4 is 11.6 Å². The molecular formula is C25H28N4O5. The molecule has 1 aliphatic rings. The average Bonchev–Trinajstić information content (AvgIpc) is 3.35. The first-order chi connectivity index (χ1) is 16.5. The second kappa shape index (κ2) is 9.86. The third-order valence-corrected chi connectivity index (χ3v) is 5.79.